The van der Waals surface area contributed by atoms with Gasteiger partial charge in [-0.2, -0.15) is 0 Å². The molecule has 0 aromatic heterocycles. The van der Waals surface area contributed by atoms with E-state index < -0.39 is 10.0 Å². The van der Waals surface area contributed by atoms with Crippen molar-refractivity contribution in [3.05, 3.63) is 71.4 Å². The Hall–Kier alpha value is -2.60. The van der Waals surface area contributed by atoms with Crippen LogP contribution in [0.25, 0.3) is 0 Å². The molecule has 1 aliphatic carbocycles. The van der Waals surface area contributed by atoms with Gasteiger partial charge in [-0.25, -0.2) is 8.42 Å². The van der Waals surface area contributed by atoms with Crippen LogP contribution < -0.4 is 4.74 Å². The van der Waals surface area contributed by atoms with E-state index in [4.69, 9.17) is 4.74 Å². The maximum Gasteiger partial charge on any atom is 0.264 e. The summed E-state index contributed by atoms with van der Waals surface area (Å²) in [5.74, 6) is 0.831. The Bertz CT molecular complexity index is 1070. The lowest BCUT2D eigenvalue weighted by atomic mass is 9.82. The minimum atomic E-state index is -3.73. The van der Waals surface area contributed by atoms with E-state index in [2.05, 4.69) is 0 Å². The van der Waals surface area contributed by atoms with Crippen LogP contribution in [0.3, 0.4) is 0 Å². The molecule has 1 heterocycles. The fourth-order valence-corrected chi connectivity index (χ4v) is 6.26. The highest BCUT2D eigenvalue weighted by molar-refractivity contribution is 7.89. The summed E-state index contributed by atoms with van der Waals surface area (Å²) in [7, 11) is -2.15. The zero-order valence-corrected chi connectivity index (χ0v) is 18.9. The molecule has 0 bridgehead atoms. The van der Waals surface area contributed by atoms with E-state index in [1.165, 1.54) is 10.7 Å². The van der Waals surface area contributed by atoms with Gasteiger partial charge in [-0.1, -0.05) is 37.0 Å². The zero-order valence-electron chi connectivity index (χ0n) is 18.1. The number of Topliss-reactive ketones (excluding diaryl/α,β-unsaturated/α-hetero) is 1. The second-order valence-electron chi connectivity index (χ2n) is 8.53. The van der Waals surface area contributed by atoms with Crippen molar-refractivity contribution < 1.29 is 17.9 Å². The van der Waals surface area contributed by atoms with E-state index in [0.29, 0.717) is 23.3 Å². The second kappa shape index (κ2) is 8.87. The molecule has 1 saturated carbocycles. The monoisotopic (exact) mass is 439 g/mol. The average molecular weight is 440 g/mol. The van der Waals surface area contributed by atoms with Gasteiger partial charge >= 0.3 is 0 Å². The van der Waals surface area contributed by atoms with E-state index in [1.54, 1.807) is 49.7 Å². The largest absolute Gasteiger partial charge is 0.497 e. The molecule has 6 heteroatoms. The number of benzene rings is 2. The van der Waals surface area contributed by atoms with Gasteiger partial charge in [-0.15, -0.1) is 0 Å². The fraction of sp³-hybridized carbons (Fsp3) is 0.400. The van der Waals surface area contributed by atoms with Gasteiger partial charge in [-0.05, 0) is 68.5 Å². The fourth-order valence-electron chi connectivity index (χ4n) is 4.67. The van der Waals surface area contributed by atoms with Crippen LogP contribution in [0.5, 0.6) is 5.75 Å². The van der Waals surface area contributed by atoms with E-state index in [9.17, 15) is 13.2 Å². The molecule has 1 unspecified atom stereocenters. The predicted molar refractivity (Wildman–Crippen MR) is 121 cm³/mol. The number of carbonyl (C=O) groups is 1. The Morgan fingerprint density at radius 1 is 0.968 bits per heavy atom. The lowest BCUT2D eigenvalue weighted by Gasteiger charge is -2.34. The molecule has 4 rings (SSSR count). The minimum absolute atomic E-state index is 0.120. The summed E-state index contributed by atoms with van der Waals surface area (Å²) in [6, 6.07) is 13.7. The molecule has 1 fully saturated rings. The van der Waals surface area contributed by atoms with Gasteiger partial charge in [0, 0.05) is 17.3 Å². The van der Waals surface area contributed by atoms with Crippen LogP contribution in [-0.4, -0.2) is 31.7 Å². The average Bonchev–Trinajstić information content (AvgIpc) is 3.26. The zero-order chi connectivity index (χ0) is 22.0. The van der Waals surface area contributed by atoms with E-state index in [0.717, 1.165) is 31.2 Å². The van der Waals surface area contributed by atoms with Crippen LogP contribution in [0, 0.1) is 12.8 Å². The Balaban J connectivity index is 1.68. The molecule has 31 heavy (non-hydrogen) atoms. The Labute approximate surface area is 184 Å². The molecule has 164 valence electrons. The number of carbonyl (C=O) groups excluding carboxylic acids is 1. The number of hydrogen-bond acceptors (Lipinski definition) is 4. The molecule has 1 atom stereocenters. The van der Waals surface area contributed by atoms with Gasteiger partial charge in [-0.3, -0.25) is 9.10 Å². The van der Waals surface area contributed by atoms with Crippen molar-refractivity contribution >= 4 is 15.8 Å². The molecule has 0 spiro atoms. The second-order valence-corrected chi connectivity index (χ2v) is 10.4. The SMILES string of the molecule is COc1ccc(C(=O)C2=CN(S(=O)(=O)c3ccc(C)cc3)C(C3CCCCC3)C2)cc1. The normalized spacial score (nSPS) is 19.9. The molecular formula is C25H29NO4S. The first-order valence-corrected chi connectivity index (χ1v) is 12.3. The summed E-state index contributed by atoms with van der Waals surface area (Å²) in [4.78, 5) is 13.5. The number of aryl methyl sites for hydroxylation is 1. The number of ether oxygens (including phenoxy) is 1. The first-order chi connectivity index (χ1) is 14.9. The van der Waals surface area contributed by atoms with Gasteiger partial charge in [0.25, 0.3) is 10.0 Å². The molecule has 0 N–H and O–H groups in total. The summed E-state index contributed by atoms with van der Waals surface area (Å²) in [6.45, 7) is 1.93. The lowest BCUT2D eigenvalue weighted by Crippen LogP contribution is -2.39. The predicted octanol–water partition coefficient (Wildman–Crippen LogP) is 5.11. The van der Waals surface area contributed by atoms with E-state index >= 15 is 0 Å². The Kier molecular flexibility index (Phi) is 6.19. The van der Waals surface area contributed by atoms with Crippen LogP contribution in [0.1, 0.15) is 54.4 Å². The molecule has 5 nitrogen and oxygen atoms in total. The summed E-state index contributed by atoms with van der Waals surface area (Å²) in [6.07, 6.45) is 7.47. The summed E-state index contributed by atoms with van der Waals surface area (Å²) < 4.78 is 33.7. The highest BCUT2D eigenvalue weighted by atomic mass is 32.2. The van der Waals surface area contributed by atoms with Gasteiger partial charge in [0.05, 0.1) is 18.0 Å². The quantitative estimate of drug-likeness (QED) is 0.587. The third-order valence-electron chi connectivity index (χ3n) is 6.47. The van der Waals surface area contributed by atoms with Gasteiger partial charge < -0.3 is 4.74 Å². The van der Waals surface area contributed by atoms with Crippen molar-refractivity contribution in [3.63, 3.8) is 0 Å². The number of hydrogen-bond donors (Lipinski definition) is 0. The minimum Gasteiger partial charge on any atom is -0.497 e. The van der Waals surface area contributed by atoms with Gasteiger partial charge in [0.2, 0.25) is 0 Å². The van der Waals surface area contributed by atoms with Gasteiger partial charge in [0.1, 0.15) is 5.75 Å². The molecule has 2 aliphatic rings. The number of sulfonamides is 1. The highest BCUT2D eigenvalue weighted by Crippen LogP contribution is 2.39. The first-order valence-electron chi connectivity index (χ1n) is 10.9. The van der Waals surface area contributed by atoms with Gasteiger partial charge in [0.15, 0.2) is 5.78 Å². The molecule has 0 radical (unpaired) electrons. The summed E-state index contributed by atoms with van der Waals surface area (Å²) in [5.41, 5.74) is 2.11. The number of nitrogens with zero attached hydrogens (tertiary/aromatic N) is 1. The maximum atomic E-state index is 13.5. The number of methoxy groups -OCH3 is 1. The third-order valence-corrected chi connectivity index (χ3v) is 8.27. The maximum absolute atomic E-state index is 13.5. The standard InChI is InChI=1S/C25H29NO4S/c1-18-8-14-23(15-9-18)31(28,29)26-17-21(16-24(26)19-6-4-3-5-7-19)25(27)20-10-12-22(30-2)13-11-20/h8-15,17,19,24H,3-7,16H2,1-2H3. The number of rotatable bonds is 6. The van der Waals surface area contributed by atoms with Crippen molar-refractivity contribution in [3.8, 4) is 5.75 Å². The highest BCUT2D eigenvalue weighted by Gasteiger charge is 2.40. The summed E-state index contributed by atoms with van der Waals surface area (Å²) in [5, 5.41) is 0. The van der Waals surface area contributed by atoms with E-state index in [-0.39, 0.29) is 22.6 Å². The Morgan fingerprint density at radius 3 is 2.23 bits per heavy atom. The van der Waals surface area contributed by atoms with Crippen LogP contribution >= 0.6 is 0 Å². The number of ketones is 1. The van der Waals surface area contributed by atoms with Crippen molar-refractivity contribution in [1.29, 1.82) is 0 Å². The molecule has 2 aromatic rings. The van der Waals surface area contributed by atoms with Crippen LogP contribution in [0.2, 0.25) is 0 Å². The van der Waals surface area contributed by atoms with Crippen LogP contribution in [-0.2, 0) is 10.0 Å². The first kappa shape index (κ1) is 21.6. The van der Waals surface area contributed by atoms with Crippen molar-refractivity contribution in [2.75, 3.05) is 7.11 Å². The van der Waals surface area contributed by atoms with Crippen LogP contribution in [0.15, 0.2) is 65.2 Å². The van der Waals surface area contributed by atoms with Crippen molar-refractivity contribution in [2.45, 2.75) is 56.4 Å². The van der Waals surface area contributed by atoms with Crippen LogP contribution in [0.4, 0.5) is 0 Å². The third kappa shape index (κ3) is 4.40. The topological polar surface area (TPSA) is 63.7 Å². The molecule has 2 aromatic carbocycles. The molecule has 0 saturated heterocycles. The smallest absolute Gasteiger partial charge is 0.264 e. The lowest BCUT2D eigenvalue weighted by molar-refractivity contribution is 0.103. The van der Waals surface area contributed by atoms with Crippen molar-refractivity contribution in [2.24, 2.45) is 5.92 Å². The van der Waals surface area contributed by atoms with Crippen molar-refractivity contribution in [1.82, 2.24) is 4.31 Å². The molecule has 1 aliphatic heterocycles. The molecule has 0 amide bonds. The van der Waals surface area contributed by atoms with E-state index in [1.807, 2.05) is 19.1 Å². The summed E-state index contributed by atoms with van der Waals surface area (Å²) >= 11 is 0. The molecular weight excluding hydrogens is 410 g/mol. The Morgan fingerprint density at radius 2 is 1.61 bits per heavy atom.